The van der Waals surface area contributed by atoms with E-state index in [-0.39, 0.29) is 39.9 Å². The van der Waals surface area contributed by atoms with E-state index in [1.165, 1.54) is 11.0 Å². The minimum absolute atomic E-state index is 0. The maximum absolute atomic E-state index is 5.93. The number of fused-ring (bicyclic) bond motifs is 1. The van der Waals surface area contributed by atoms with E-state index in [2.05, 4.69) is 31.5 Å². The first-order valence-electron chi connectivity index (χ1n) is 7.83. The van der Waals surface area contributed by atoms with Crippen LogP contribution in [0.3, 0.4) is 0 Å². The summed E-state index contributed by atoms with van der Waals surface area (Å²) in [5, 5.41) is 7.34. The Hall–Kier alpha value is -2.39. The van der Waals surface area contributed by atoms with Gasteiger partial charge in [0.25, 0.3) is 5.82 Å². The van der Waals surface area contributed by atoms with E-state index in [9.17, 15) is 0 Å². The molecule has 0 atom stereocenters. The largest absolute Gasteiger partial charge is 1.00 e. The van der Waals surface area contributed by atoms with Crippen LogP contribution in [0, 0.1) is 0 Å². The van der Waals surface area contributed by atoms with Crippen LogP contribution in [0.2, 0.25) is 0 Å². The van der Waals surface area contributed by atoms with E-state index in [1.807, 2.05) is 50.5 Å². The lowest BCUT2D eigenvalue weighted by Gasteiger charge is -2.04. The van der Waals surface area contributed by atoms with Crippen molar-refractivity contribution in [2.45, 2.75) is 6.61 Å². The summed E-state index contributed by atoms with van der Waals surface area (Å²) in [6.07, 6.45) is 1.58. The summed E-state index contributed by atoms with van der Waals surface area (Å²) in [4.78, 5) is 0. The summed E-state index contributed by atoms with van der Waals surface area (Å²) in [5.41, 5.74) is 13.7. The van der Waals surface area contributed by atoms with E-state index >= 15 is 0 Å². The molecule has 144 valence electrons. The van der Waals surface area contributed by atoms with Crippen LogP contribution in [0.4, 0.5) is 0 Å². The Morgan fingerprint density at radius 3 is 2.44 bits per heavy atom. The van der Waals surface area contributed by atoms with Crippen LogP contribution in [0.1, 0.15) is 11.4 Å². The summed E-state index contributed by atoms with van der Waals surface area (Å²) >= 11 is 0. The quantitative estimate of drug-likeness (QED) is 0.200. The van der Waals surface area contributed by atoms with Gasteiger partial charge in [0.15, 0.2) is 17.6 Å². The normalized spacial score (nSPS) is 10.3. The van der Waals surface area contributed by atoms with Gasteiger partial charge in [0.05, 0.1) is 20.3 Å². The average molecular weight is 498 g/mol. The average Bonchev–Trinajstić information content (AvgIpc) is 2.85. The zero-order valence-corrected chi connectivity index (χ0v) is 18.3. The number of imidazole rings is 1. The van der Waals surface area contributed by atoms with Gasteiger partial charge in [0.1, 0.15) is 5.75 Å². The molecule has 3 rings (SSSR count). The van der Waals surface area contributed by atoms with Crippen molar-refractivity contribution in [1.82, 2.24) is 4.57 Å². The van der Waals surface area contributed by atoms with Gasteiger partial charge in [0.2, 0.25) is 5.96 Å². The molecule has 0 amide bonds. The summed E-state index contributed by atoms with van der Waals surface area (Å²) in [6, 6.07) is 15.8. The fourth-order valence-electron chi connectivity index (χ4n) is 2.69. The number of benzene rings is 2. The number of hydrogen-bond donors (Lipinski definition) is 2. The van der Waals surface area contributed by atoms with Crippen molar-refractivity contribution in [3.63, 3.8) is 0 Å². The van der Waals surface area contributed by atoms with Gasteiger partial charge in [-0.1, -0.05) is 12.1 Å². The number of nitrogens with two attached hydrogens (primary N) is 2. The molecule has 0 fully saturated rings. The minimum Gasteiger partial charge on any atom is -1.00 e. The molecular weight excluding hydrogens is 476 g/mol. The molecule has 2 aromatic carbocycles. The first-order valence-corrected chi connectivity index (χ1v) is 7.83. The van der Waals surface area contributed by atoms with Gasteiger partial charge in [-0.05, 0) is 42.0 Å². The maximum atomic E-state index is 5.93. The zero-order valence-electron chi connectivity index (χ0n) is 15.0. The molecule has 9 heteroatoms. The predicted octanol–water partition coefficient (Wildman–Crippen LogP) is -1.23. The monoisotopic (exact) mass is 496 g/mol. The molecule has 0 saturated heterocycles. The van der Waals surface area contributed by atoms with Crippen LogP contribution in [0.25, 0.3) is 11.0 Å². The molecule has 0 aliphatic heterocycles. The molecule has 0 saturated carbocycles. The molecule has 3 aromatic rings. The smallest absolute Gasteiger partial charge is 0.295 e. The summed E-state index contributed by atoms with van der Waals surface area (Å²) < 4.78 is 10.2. The highest BCUT2D eigenvalue weighted by Gasteiger charge is 2.19. The van der Waals surface area contributed by atoms with Crippen molar-refractivity contribution in [3.8, 4) is 5.75 Å². The van der Waals surface area contributed by atoms with E-state index in [0.29, 0.717) is 6.61 Å². The van der Waals surface area contributed by atoms with E-state index < -0.39 is 0 Å². The number of guanidine groups is 1. The lowest BCUT2D eigenvalue weighted by atomic mass is 10.2. The van der Waals surface area contributed by atoms with Gasteiger partial charge in [-0.25, -0.2) is 9.13 Å². The number of aromatic nitrogens is 2. The molecular formula is C18H22Br2N6O. The van der Waals surface area contributed by atoms with Crippen LogP contribution >= 0.6 is 17.0 Å². The van der Waals surface area contributed by atoms with Crippen molar-refractivity contribution < 1.29 is 26.3 Å². The molecule has 0 spiro atoms. The van der Waals surface area contributed by atoms with Crippen molar-refractivity contribution >= 4 is 40.2 Å². The standard InChI is InChI=1S/C18H21N6O.2BrH/c1-23-15-5-3-4-6-16(15)24(2)17(23)12-25-14-9-7-13(8-10-14)11-21-22-18(19)20;;/h3-11H,12H2,1-2H3,(H4,19,20,22);2*1H/q+1;;/p-1/b21-11+;;. The van der Waals surface area contributed by atoms with E-state index in [4.69, 9.17) is 16.2 Å². The Balaban J connectivity index is 0.00000182. The third kappa shape index (κ3) is 5.30. The Bertz CT molecular complexity index is 907. The topological polar surface area (TPSA) is 94.8 Å². The second kappa shape index (κ2) is 10.1. The van der Waals surface area contributed by atoms with Crippen LogP contribution in [0.5, 0.6) is 5.75 Å². The highest BCUT2D eigenvalue weighted by Crippen LogP contribution is 2.16. The molecule has 0 unspecified atom stereocenters. The second-order valence-electron chi connectivity index (χ2n) is 5.65. The van der Waals surface area contributed by atoms with Crippen LogP contribution in [-0.2, 0) is 20.7 Å². The summed E-state index contributed by atoms with van der Waals surface area (Å²) in [5.74, 6) is 1.79. The van der Waals surface area contributed by atoms with Crippen molar-refractivity contribution in [2.75, 3.05) is 0 Å². The number of ether oxygens (including phenoxy) is 1. The molecule has 7 nitrogen and oxygen atoms in total. The molecule has 1 aromatic heterocycles. The maximum Gasteiger partial charge on any atom is 0.295 e. The van der Waals surface area contributed by atoms with E-state index in [0.717, 1.165) is 17.1 Å². The molecule has 0 bridgehead atoms. The van der Waals surface area contributed by atoms with Crippen molar-refractivity contribution in [1.29, 1.82) is 0 Å². The molecule has 4 N–H and O–H groups in total. The second-order valence-corrected chi connectivity index (χ2v) is 5.65. The molecule has 1 heterocycles. The SMILES string of the molecule is Br.Cn1c(COc2ccc(/C=N/N=C(N)N)cc2)[n+](C)c2ccccc21.[Br-]. The van der Waals surface area contributed by atoms with Crippen LogP contribution in [0.15, 0.2) is 58.7 Å². The highest BCUT2D eigenvalue weighted by molar-refractivity contribution is 8.93. The predicted molar refractivity (Wildman–Crippen MR) is 109 cm³/mol. The van der Waals surface area contributed by atoms with Gasteiger partial charge < -0.3 is 33.2 Å². The van der Waals surface area contributed by atoms with Gasteiger partial charge in [-0.3, -0.25) is 0 Å². The van der Waals surface area contributed by atoms with E-state index in [1.54, 1.807) is 6.21 Å². The Morgan fingerprint density at radius 1 is 1.15 bits per heavy atom. The zero-order chi connectivity index (χ0) is 17.8. The van der Waals surface area contributed by atoms with Gasteiger partial charge in [0, 0.05) is 0 Å². The van der Waals surface area contributed by atoms with Gasteiger partial charge in [-0.2, -0.15) is 5.10 Å². The lowest BCUT2D eigenvalue weighted by molar-refractivity contribution is -0.655. The Kier molecular flexibility index (Phi) is 8.45. The number of halogens is 2. The molecule has 0 aliphatic rings. The summed E-state index contributed by atoms with van der Waals surface area (Å²) in [6.45, 7) is 0.475. The first-order chi connectivity index (χ1) is 12.1. The minimum atomic E-state index is -0.0703. The molecule has 27 heavy (non-hydrogen) atoms. The Labute approximate surface area is 178 Å². The molecule has 0 aliphatic carbocycles. The summed E-state index contributed by atoms with van der Waals surface area (Å²) in [7, 11) is 4.09. The number of rotatable bonds is 5. The van der Waals surface area contributed by atoms with Crippen LogP contribution < -0.4 is 37.8 Å². The number of hydrogen-bond acceptors (Lipinski definition) is 3. The number of aryl methyl sites for hydroxylation is 2. The number of para-hydroxylation sites is 2. The lowest BCUT2D eigenvalue weighted by Crippen LogP contribution is -3.00. The van der Waals surface area contributed by atoms with Crippen molar-refractivity contribution in [3.05, 3.63) is 59.9 Å². The molecule has 0 radical (unpaired) electrons. The van der Waals surface area contributed by atoms with Gasteiger partial charge in [-0.15, -0.1) is 22.1 Å². The third-order valence-electron chi connectivity index (χ3n) is 4.01. The van der Waals surface area contributed by atoms with Crippen molar-refractivity contribution in [2.24, 2.45) is 35.8 Å². The fraction of sp³-hybridized carbons (Fsp3) is 0.167. The fourth-order valence-corrected chi connectivity index (χ4v) is 2.69. The third-order valence-corrected chi connectivity index (χ3v) is 4.01. The van der Waals surface area contributed by atoms with Gasteiger partial charge >= 0.3 is 0 Å². The first kappa shape index (κ1) is 22.7. The number of nitrogens with zero attached hydrogens (tertiary/aromatic N) is 4. The Morgan fingerprint density at radius 2 is 1.81 bits per heavy atom. The van der Waals surface area contributed by atoms with Crippen LogP contribution in [-0.4, -0.2) is 16.7 Å². The highest BCUT2D eigenvalue weighted by atomic mass is 79.9.